The summed E-state index contributed by atoms with van der Waals surface area (Å²) in [5.74, 6) is -0.000116. The van der Waals surface area contributed by atoms with Gasteiger partial charge in [0.05, 0.1) is 6.42 Å². The lowest BCUT2D eigenvalue weighted by Gasteiger charge is -2.26. The van der Waals surface area contributed by atoms with E-state index in [1.165, 1.54) is 0 Å². The molecule has 0 unspecified atom stereocenters. The van der Waals surface area contributed by atoms with Crippen molar-refractivity contribution in [2.45, 2.75) is 25.7 Å². The topological polar surface area (TPSA) is 55.1 Å². The lowest BCUT2D eigenvalue weighted by molar-refractivity contribution is -0.120. The lowest BCUT2D eigenvalue weighted by atomic mass is 9.84. The van der Waals surface area contributed by atoms with E-state index in [2.05, 4.69) is 19.2 Å². The van der Waals surface area contributed by atoms with Crippen LogP contribution in [0.4, 0.5) is 5.69 Å². The minimum absolute atomic E-state index is 0. The Labute approximate surface area is 148 Å². The molecule has 0 spiro atoms. The van der Waals surface area contributed by atoms with Crippen LogP contribution in [-0.4, -0.2) is 12.5 Å². The number of carbonyl (C=O) groups excluding carboxylic acids is 1. The number of carbonyl (C=O) groups is 1. The molecule has 2 rings (SSSR count). The van der Waals surface area contributed by atoms with Crippen LogP contribution in [0.15, 0.2) is 48.5 Å². The van der Waals surface area contributed by atoms with Gasteiger partial charge in [-0.05, 0) is 35.4 Å². The summed E-state index contributed by atoms with van der Waals surface area (Å²) in [6.45, 7) is 4.73. The van der Waals surface area contributed by atoms with E-state index in [9.17, 15) is 4.79 Å². The normalized spacial score (nSPS) is 10.7. The molecule has 5 heteroatoms. The van der Waals surface area contributed by atoms with Gasteiger partial charge in [0.15, 0.2) is 0 Å². The highest BCUT2D eigenvalue weighted by molar-refractivity contribution is 6.30. The van der Waals surface area contributed by atoms with E-state index < -0.39 is 0 Å². The van der Waals surface area contributed by atoms with Crippen molar-refractivity contribution >= 4 is 35.6 Å². The number of hydrogen-bond donors (Lipinski definition) is 2. The van der Waals surface area contributed by atoms with Crippen LogP contribution in [0, 0.1) is 0 Å². The maximum atomic E-state index is 12.1. The Morgan fingerprint density at radius 3 is 2.43 bits per heavy atom. The number of nitrogens with two attached hydrogens (primary N) is 1. The molecule has 0 heterocycles. The van der Waals surface area contributed by atoms with Gasteiger partial charge in [0, 0.05) is 22.7 Å². The summed E-state index contributed by atoms with van der Waals surface area (Å²) < 4.78 is 0. The minimum atomic E-state index is -0.179. The number of nitrogen functional groups attached to an aromatic ring is 1. The molecule has 2 aromatic carbocycles. The van der Waals surface area contributed by atoms with Gasteiger partial charge in [-0.25, -0.2) is 0 Å². The first-order chi connectivity index (χ1) is 10.4. The molecule has 0 aliphatic carbocycles. The molecule has 0 saturated carbocycles. The van der Waals surface area contributed by atoms with Crippen molar-refractivity contribution in [1.82, 2.24) is 5.32 Å². The first-order valence-electron chi connectivity index (χ1n) is 7.24. The van der Waals surface area contributed by atoms with E-state index in [0.29, 0.717) is 23.7 Å². The van der Waals surface area contributed by atoms with Gasteiger partial charge in [0.25, 0.3) is 0 Å². The van der Waals surface area contributed by atoms with E-state index >= 15 is 0 Å². The second-order valence-electron chi connectivity index (χ2n) is 6.09. The molecule has 2 aromatic rings. The number of halogens is 2. The fourth-order valence-electron chi connectivity index (χ4n) is 2.21. The predicted octanol–water partition coefficient (Wildman–Crippen LogP) is 3.98. The van der Waals surface area contributed by atoms with Crippen LogP contribution < -0.4 is 11.1 Å². The summed E-state index contributed by atoms with van der Waals surface area (Å²) in [5, 5.41) is 3.70. The largest absolute Gasteiger partial charge is 0.399 e. The molecule has 0 aromatic heterocycles. The number of rotatable bonds is 5. The molecule has 0 atom stereocenters. The molecule has 0 saturated heterocycles. The van der Waals surface area contributed by atoms with Gasteiger partial charge in [0.1, 0.15) is 0 Å². The van der Waals surface area contributed by atoms with Crippen molar-refractivity contribution < 1.29 is 4.79 Å². The number of amides is 1. The van der Waals surface area contributed by atoms with E-state index in [1.54, 1.807) is 12.1 Å². The highest BCUT2D eigenvalue weighted by atomic mass is 35.5. The van der Waals surface area contributed by atoms with Gasteiger partial charge in [-0.1, -0.05) is 49.7 Å². The summed E-state index contributed by atoms with van der Waals surface area (Å²) in [5.41, 5.74) is 8.22. The van der Waals surface area contributed by atoms with Crippen LogP contribution in [0.1, 0.15) is 25.0 Å². The number of hydrogen-bond acceptors (Lipinski definition) is 2. The van der Waals surface area contributed by atoms with Crippen LogP contribution in [-0.2, 0) is 16.6 Å². The number of nitrogens with one attached hydrogen (secondary N) is 1. The van der Waals surface area contributed by atoms with Crippen LogP contribution in [0.3, 0.4) is 0 Å². The monoisotopic (exact) mass is 352 g/mol. The Bertz CT molecular complexity index is 654. The molecule has 124 valence electrons. The Hall–Kier alpha value is -1.71. The number of anilines is 1. The Kier molecular flexibility index (Phi) is 6.92. The lowest BCUT2D eigenvalue weighted by Crippen LogP contribution is -2.37. The molecule has 0 aliphatic heterocycles. The van der Waals surface area contributed by atoms with Gasteiger partial charge in [-0.3, -0.25) is 4.79 Å². The second-order valence-corrected chi connectivity index (χ2v) is 6.53. The van der Waals surface area contributed by atoms with Crippen LogP contribution in [0.5, 0.6) is 0 Å². The van der Waals surface area contributed by atoms with E-state index in [1.807, 2.05) is 36.4 Å². The van der Waals surface area contributed by atoms with Crippen molar-refractivity contribution in [3.05, 3.63) is 64.7 Å². The molecule has 1 amide bonds. The van der Waals surface area contributed by atoms with Gasteiger partial charge in [-0.2, -0.15) is 0 Å². The first kappa shape index (κ1) is 19.3. The molecular formula is C18H22Cl2N2O. The van der Waals surface area contributed by atoms with Gasteiger partial charge in [-0.15, -0.1) is 12.4 Å². The Balaban J connectivity index is 0.00000264. The van der Waals surface area contributed by atoms with Crippen molar-refractivity contribution in [3.8, 4) is 0 Å². The highest BCUT2D eigenvalue weighted by Gasteiger charge is 2.21. The highest BCUT2D eigenvalue weighted by Crippen LogP contribution is 2.24. The molecule has 3 N–H and O–H groups in total. The van der Waals surface area contributed by atoms with Crippen molar-refractivity contribution in [2.75, 3.05) is 12.3 Å². The van der Waals surface area contributed by atoms with Crippen molar-refractivity contribution in [3.63, 3.8) is 0 Å². The smallest absolute Gasteiger partial charge is 0.224 e. The second kappa shape index (κ2) is 8.23. The third-order valence-electron chi connectivity index (χ3n) is 3.68. The summed E-state index contributed by atoms with van der Waals surface area (Å²) in [6.07, 6.45) is 0.353. The average molecular weight is 353 g/mol. The maximum absolute atomic E-state index is 12.1. The fourth-order valence-corrected chi connectivity index (χ4v) is 2.40. The molecule has 0 fully saturated rings. The third kappa shape index (κ3) is 5.77. The van der Waals surface area contributed by atoms with Crippen LogP contribution in [0.2, 0.25) is 5.02 Å². The van der Waals surface area contributed by atoms with Crippen molar-refractivity contribution in [1.29, 1.82) is 0 Å². The molecule has 0 bridgehead atoms. The molecule has 0 aliphatic rings. The van der Waals surface area contributed by atoms with E-state index in [0.717, 1.165) is 11.1 Å². The van der Waals surface area contributed by atoms with Crippen LogP contribution in [0.25, 0.3) is 0 Å². The van der Waals surface area contributed by atoms with Crippen molar-refractivity contribution in [2.24, 2.45) is 0 Å². The Morgan fingerprint density at radius 1 is 1.17 bits per heavy atom. The summed E-state index contributed by atoms with van der Waals surface area (Å²) >= 11 is 6.04. The first-order valence-corrected chi connectivity index (χ1v) is 7.62. The molecule has 0 radical (unpaired) electrons. The minimum Gasteiger partial charge on any atom is -0.399 e. The fraction of sp³-hybridized carbons (Fsp3) is 0.278. The molecular weight excluding hydrogens is 331 g/mol. The molecule has 3 nitrogen and oxygen atoms in total. The average Bonchev–Trinajstić information content (AvgIpc) is 2.48. The summed E-state index contributed by atoms with van der Waals surface area (Å²) in [6, 6.07) is 15.1. The summed E-state index contributed by atoms with van der Waals surface area (Å²) in [4.78, 5) is 12.1. The zero-order chi connectivity index (χ0) is 16.2. The van der Waals surface area contributed by atoms with Gasteiger partial charge < -0.3 is 11.1 Å². The van der Waals surface area contributed by atoms with Gasteiger partial charge >= 0.3 is 0 Å². The quantitative estimate of drug-likeness (QED) is 0.799. The Morgan fingerprint density at radius 2 is 1.83 bits per heavy atom. The summed E-state index contributed by atoms with van der Waals surface area (Å²) in [7, 11) is 0. The van der Waals surface area contributed by atoms with Gasteiger partial charge in [0.2, 0.25) is 5.91 Å². The SMILES string of the molecule is CC(C)(CNC(=O)Cc1ccc(N)cc1)c1cccc(Cl)c1.Cl. The van der Waals surface area contributed by atoms with E-state index in [-0.39, 0.29) is 23.7 Å². The standard InChI is InChI=1S/C18H21ClN2O.ClH/c1-18(2,14-4-3-5-15(19)11-14)12-21-17(22)10-13-6-8-16(20)9-7-13;/h3-9,11H,10,12,20H2,1-2H3,(H,21,22);1H. The molecule has 23 heavy (non-hydrogen) atoms. The predicted molar refractivity (Wildman–Crippen MR) is 99.3 cm³/mol. The van der Waals surface area contributed by atoms with Crippen LogP contribution >= 0.6 is 24.0 Å². The van der Waals surface area contributed by atoms with E-state index in [4.69, 9.17) is 17.3 Å². The maximum Gasteiger partial charge on any atom is 0.224 e. The number of benzene rings is 2. The third-order valence-corrected chi connectivity index (χ3v) is 3.91. The zero-order valence-electron chi connectivity index (χ0n) is 13.3. The zero-order valence-corrected chi connectivity index (χ0v) is 14.9.